The van der Waals surface area contributed by atoms with Crippen molar-refractivity contribution in [3.05, 3.63) is 39.3 Å². The van der Waals surface area contributed by atoms with Crippen LogP contribution in [0.2, 0.25) is 0 Å². The maximum absolute atomic E-state index is 12.7. The van der Waals surface area contributed by atoms with Crippen molar-refractivity contribution in [2.24, 2.45) is 17.4 Å². The maximum Gasteiger partial charge on any atom is 0.308 e. The molecule has 6 nitrogen and oxygen atoms in total. The summed E-state index contributed by atoms with van der Waals surface area (Å²) in [7, 11) is 0. The van der Waals surface area contributed by atoms with Crippen LogP contribution in [0.15, 0.2) is 23.3 Å². The molecule has 0 fully saturated rings. The minimum atomic E-state index is -0.549. The van der Waals surface area contributed by atoms with Gasteiger partial charge in [-0.2, -0.15) is 0 Å². The van der Waals surface area contributed by atoms with Gasteiger partial charge in [0, 0.05) is 27.4 Å². The first kappa shape index (κ1) is 24.3. The van der Waals surface area contributed by atoms with Gasteiger partial charge in [-0.05, 0) is 59.6 Å². The highest BCUT2D eigenvalue weighted by molar-refractivity contribution is 7.16. The number of thiophene rings is 1. The molecule has 0 radical (unpaired) electrons. The van der Waals surface area contributed by atoms with Crippen molar-refractivity contribution in [2.75, 3.05) is 4.90 Å². The molecule has 5 atom stereocenters. The molecule has 0 saturated heterocycles. The highest BCUT2D eigenvalue weighted by Crippen LogP contribution is 2.46. The fourth-order valence-electron chi connectivity index (χ4n) is 4.32. The van der Waals surface area contributed by atoms with Gasteiger partial charge in [0.25, 0.3) is 0 Å². The van der Waals surface area contributed by atoms with Crippen molar-refractivity contribution in [3.63, 3.8) is 0 Å². The molecule has 31 heavy (non-hydrogen) atoms. The Labute approximate surface area is 194 Å². The number of carbonyl (C=O) groups is 1. The number of halogens is 1. The molecule has 3 rings (SSSR count). The lowest BCUT2D eigenvalue weighted by molar-refractivity contribution is -0.155. The summed E-state index contributed by atoms with van der Waals surface area (Å²) in [5.41, 5.74) is 15.1. The normalized spacial score (nSPS) is 27.4. The molecule has 0 aromatic carbocycles. The summed E-state index contributed by atoms with van der Waals surface area (Å²) in [6, 6.07) is -0.334. The molecule has 2 heterocycles. The lowest BCUT2D eigenvalue weighted by Gasteiger charge is -2.36. The van der Waals surface area contributed by atoms with E-state index in [1.165, 1.54) is 16.0 Å². The van der Waals surface area contributed by atoms with E-state index in [1.54, 1.807) is 11.3 Å². The largest absolute Gasteiger partial charge is 0.460 e. The number of anilines is 1. The number of hydrogen-bond donors (Lipinski definition) is 3. The SMILES string of the molecule is Cc1sc2c(c1C)C(C1C=CC(Cl)=CC1)NC(CC(=O)OC(C)(C)C)C(N)N2C(C)N. The van der Waals surface area contributed by atoms with Gasteiger partial charge in [-0.25, -0.2) is 0 Å². The Kier molecular flexibility index (Phi) is 7.23. The fraction of sp³-hybridized carbons (Fsp3) is 0.609. The molecule has 5 unspecified atom stereocenters. The molecular formula is C23H35ClN4O2S. The van der Waals surface area contributed by atoms with E-state index in [2.05, 4.69) is 30.1 Å². The van der Waals surface area contributed by atoms with Crippen molar-refractivity contribution in [3.8, 4) is 0 Å². The van der Waals surface area contributed by atoms with E-state index in [9.17, 15) is 4.79 Å². The molecule has 2 aliphatic rings. The minimum absolute atomic E-state index is 0.0144. The van der Waals surface area contributed by atoms with E-state index in [-0.39, 0.29) is 36.6 Å². The maximum atomic E-state index is 12.7. The van der Waals surface area contributed by atoms with Crippen LogP contribution in [0.5, 0.6) is 0 Å². The van der Waals surface area contributed by atoms with Crippen LogP contribution in [-0.2, 0) is 9.53 Å². The lowest BCUT2D eigenvalue weighted by atomic mass is 9.86. The number of esters is 1. The third-order valence-electron chi connectivity index (χ3n) is 5.85. The topological polar surface area (TPSA) is 93.6 Å². The molecule has 172 valence electrons. The van der Waals surface area contributed by atoms with Gasteiger partial charge in [-0.1, -0.05) is 23.8 Å². The average molecular weight is 467 g/mol. The zero-order valence-electron chi connectivity index (χ0n) is 19.2. The van der Waals surface area contributed by atoms with Gasteiger partial charge in [0.1, 0.15) is 5.60 Å². The zero-order chi connectivity index (χ0) is 23.1. The van der Waals surface area contributed by atoms with Crippen LogP contribution >= 0.6 is 22.9 Å². The van der Waals surface area contributed by atoms with Gasteiger partial charge in [0.2, 0.25) is 0 Å². The molecule has 0 amide bonds. The molecule has 0 bridgehead atoms. The second-order valence-corrected chi connectivity index (χ2v) is 11.2. The number of allylic oxidation sites excluding steroid dienone is 3. The van der Waals surface area contributed by atoms with Crippen LogP contribution < -0.4 is 21.7 Å². The van der Waals surface area contributed by atoms with Crippen molar-refractivity contribution in [2.45, 2.75) is 84.4 Å². The van der Waals surface area contributed by atoms with Gasteiger partial charge >= 0.3 is 5.97 Å². The molecular weight excluding hydrogens is 432 g/mol. The Morgan fingerprint density at radius 1 is 1.42 bits per heavy atom. The second kappa shape index (κ2) is 9.24. The first-order valence-corrected chi connectivity index (χ1v) is 12.0. The van der Waals surface area contributed by atoms with E-state index in [0.717, 1.165) is 16.5 Å². The Morgan fingerprint density at radius 3 is 2.65 bits per heavy atom. The van der Waals surface area contributed by atoms with Crippen LogP contribution in [0.4, 0.5) is 5.00 Å². The number of nitrogens with zero attached hydrogens (tertiary/aromatic N) is 1. The molecule has 1 aliphatic carbocycles. The number of carbonyl (C=O) groups excluding carboxylic acids is 1. The summed E-state index contributed by atoms with van der Waals surface area (Å²) in [6.45, 7) is 11.8. The van der Waals surface area contributed by atoms with Crippen molar-refractivity contribution >= 4 is 33.9 Å². The standard InChI is InChI=1S/C23H35ClN4O2S/c1-12-13(2)31-22-19(12)20(15-7-9-16(24)10-8-15)27-17(21(26)28(22)14(3)25)11-18(29)30-23(4,5)6/h7,9-10,14-15,17,20-21,27H,8,11,25-26H2,1-6H3. The number of hydrogen-bond acceptors (Lipinski definition) is 7. The van der Waals surface area contributed by atoms with Crippen molar-refractivity contribution in [1.82, 2.24) is 5.32 Å². The highest BCUT2D eigenvalue weighted by atomic mass is 35.5. The molecule has 5 N–H and O–H groups in total. The fourth-order valence-corrected chi connectivity index (χ4v) is 5.82. The van der Waals surface area contributed by atoms with Crippen LogP contribution in [0.3, 0.4) is 0 Å². The third kappa shape index (κ3) is 5.34. The average Bonchev–Trinajstić information content (AvgIpc) is 2.85. The minimum Gasteiger partial charge on any atom is -0.460 e. The number of nitrogens with two attached hydrogens (primary N) is 2. The van der Waals surface area contributed by atoms with E-state index in [0.29, 0.717) is 0 Å². The van der Waals surface area contributed by atoms with Gasteiger partial charge in [0.15, 0.2) is 0 Å². The second-order valence-electron chi connectivity index (χ2n) is 9.53. The summed E-state index contributed by atoms with van der Waals surface area (Å²) in [5, 5.41) is 5.55. The van der Waals surface area contributed by atoms with Gasteiger partial charge in [-0.3, -0.25) is 4.79 Å². The van der Waals surface area contributed by atoms with E-state index >= 15 is 0 Å². The smallest absolute Gasteiger partial charge is 0.308 e. The molecule has 1 aromatic heterocycles. The van der Waals surface area contributed by atoms with E-state index < -0.39 is 11.8 Å². The Morgan fingerprint density at radius 2 is 2.10 bits per heavy atom. The predicted octanol–water partition coefficient (Wildman–Crippen LogP) is 4.20. The monoisotopic (exact) mass is 466 g/mol. The van der Waals surface area contributed by atoms with Crippen LogP contribution in [0.1, 0.15) is 62.6 Å². The molecule has 8 heteroatoms. The summed E-state index contributed by atoms with van der Waals surface area (Å²) in [5.74, 6) is -0.0839. The summed E-state index contributed by atoms with van der Waals surface area (Å²) < 4.78 is 5.60. The summed E-state index contributed by atoms with van der Waals surface area (Å²) >= 11 is 7.90. The van der Waals surface area contributed by atoms with Crippen molar-refractivity contribution in [1.29, 1.82) is 0 Å². The van der Waals surface area contributed by atoms with Crippen molar-refractivity contribution < 1.29 is 9.53 Å². The Bertz CT molecular complexity index is 887. The Balaban J connectivity index is 2.03. The van der Waals surface area contributed by atoms with Crippen LogP contribution in [0, 0.1) is 19.8 Å². The first-order chi connectivity index (χ1) is 14.4. The number of fused-ring (bicyclic) bond motifs is 1. The number of nitrogens with one attached hydrogen (secondary N) is 1. The van der Waals surface area contributed by atoms with E-state index in [1.807, 2.05) is 39.8 Å². The van der Waals surface area contributed by atoms with Gasteiger partial charge in [-0.15, -0.1) is 11.3 Å². The Hall–Kier alpha value is -1.38. The molecule has 1 aromatic rings. The summed E-state index contributed by atoms with van der Waals surface area (Å²) in [6.07, 6.45) is 6.34. The van der Waals surface area contributed by atoms with Gasteiger partial charge in [0.05, 0.1) is 29.8 Å². The first-order valence-electron chi connectivity index (χ1n) is 10.8. The molecule has 0 spiro atoms. The number of ether oxygens (including phenoxy) is 1. The van der Waals surface area contributed by atoms with Gasteiger partial charge < -0.3 is 26.4 Å². The van der Waals surface area contributed by atoms with E-state index in [4.69, 9.17) is 27.8 Å². The molecule has 0 saturated carbocycles. The number of rotatable bonds is 4. The quantitative estimate of drug-likeness (QED) is 0.575. The zero-order valence-corrected chi connectivity index (χ0v) is 20.8. The summed E-state index contributed by atoms with van der Waals surface area (Å²) in [4.78, 5) is 16.0. The van der Waals surface area contributed by atoms with Crippen LogP contribution in [0.25, 0.3) is 0 Å². The molecule has 1 aliphatic heterocycles. The highest BCUT2D eigenvalue weighted by Gasteiger charge is 2.41. The van der Waals surface area contributed by atoms with Crippen LogP contribution in [-0.4, -0.2) is 29.9 Å². The predicted molar refractivity (Wildman–Crippen MR) is 129 cm³/mol. The number of aryl methyl sites for hydroxylation is 1. The lowest BCUT2D eigenvalue weighted by Crippen LogP contribution is -2.59. The third-order valence-corrected chi connectivity index (χ3v) is 7.36.